The van der Waals surface area contributed by atoms with Gasteiger partial charge < -0.3 is 16.0 Å². The molecule has 0 rings (SSSR count). The van der Waals surface area contributed by atoms with Crippen LogP contribution in [0, 0.1) is 11.8 Å². The van der Waals surface area contributed by atoms with E-state index in [0.29, 0.717) is 12.5 Å². The molecule has 0 amide bonds. The van der Waals surface area contributed by atoms with Crippen LogP contribution in [0.3, 0.4) is 0 Å². The summed E-state index contributed by atoms with van der Waals surface area (Å²) < 4.78 is 0. The van der Waals surface area contributed by atoms with Crippen LogP contribution in [0.2, 0.25) is 0 Å². The van der Waals surface area contributed by atoms with Crippen molar-refractivity contribution in [3.8, 4) is 0 Å². The van der Waals surface area contributed by atoms with Crippen LogP contribution in [0.15, 0.2) is 0 Å². The fraction of sp³-hybridized carbons (Fsp3) is 0.923. The molecule has 0 aromatic carbocycles. The lowest BCUT2D eigenvalue weighted by atomic mass is 9.85. The van der Waals surface area contributed by atoms with Gasteiger partial charge in [-0.2, -0.15) is 0 Å². The molecule has 0 aromatic rings. The maximum absolute atomic E-state index is 13.2. The molecule has 0 unspecified atom stereocenters. The van der Waals surface area contributed by atoms with Crippen molar-refractivity contribution in [1.82, 2.24) is 16.0 Å². The summed E-state index contributed by atoms with van der Waals surface area (Å²) in [5.74, 6) is 0.275. The lowest BCUT2D eigenvalue weighted by Gasteiger charge is -2.24. The molecule has 0 fully saturated rings. The van der Waals surface area contributed by atoms with Gasteiger partial charge in [0.05, 0.1) is 6.04 Å². The van der Waals surface area contributed by atoms with E-state index in [4.69, 9.17) is 0 Å². The van der Waals surface area contributed by atoms with Crippen molar-refractivity contribution >= 4 is 11.6 Å². The predicted octanol–water partition coefficient (Wildman–Crippen LogP) is 4.88. The Labute approximate surface area is 193 Å². The van der Waals surface area contributed by atoms with E-state index in [9.17, 15) is 9.59 Å². The fourth-order valence-corrected chi connectivity index (χ4v) is 3.78. The molecule has 5 nitrogen and oxygen atoms in total. The summed E-state index contributed by atoms with van der Waals surface area (Å²) in [5, 5.41) is 10.4. The molecule has 3 N–H and O–H groups in total. The SMILES string of the molecule is CC(C)NCCCC[C@@H](CC(=O)[C@H](CCCCNC(C)(C)C)NC(C)C)C(=O)C(C)C. The maximum atomic E-state index is 13.2. The molecule has 2 atom stereocenters. The van der Waals surface area contributed by atoms with Crippen molar-refractivity contribution in [2.75, 3.05) is 13.1 Å². The lowest BCUT2D eigenvalue weighted by Crippen LogP contribution is -2.42. The predicted molar refractivity (Wildman–Crippen MR) is 134 cm³/mol. The number of carbonyl (C=O) groups is 2. The van der Waals surface area contributed by atoms with Gasteiger partial charge in [0, 0.05) is 35.9 Å². The standard InChI is InChI=1S/C26H53N3O2/c1-19(2)25(31)22(14-10-12-16-27-20(3)4)18-24(30)23(29-21(5)6)15-11-13-17-28-26(7,8)9/h19-23,27-29H,10-18H2,1-9H3/t22-,23-/m0/s1. The van der Waals surface area contributed by atoms with E-state index in [1.54, 1.807) is 0 Å². The second-order valence-corrected chi connectivity index (χ2v) is 11.1. The van der Waals surface area contributed by atoms with Crippen LogP contribution in [-0.2, 0) is 9.59 Å². The summed E-state index contributed by atoms with van der Waals surface area (Å²) in [5.41, 5.74) is 0.126. The van der Waals surface area contributed by atoms with Gasteiger partial charge in [0.15, 0.2) is 0 Å². The molecule has 0 aliphatic carbocycles. The van der Waals surface area contributed by atoms with Crippen molar-refractivity contribution in [2.24, 2.45) is 11.8 Å². The van der Waals surface area contributed by atoms with Crippen molar-refractivity contribution in [2.45, 2.75) is 131 Å². The highest BCUT2D eigenvalue weighted by atomic mass is 16.1. The number of hydrogen-bond donors (Lipinski definition) is 3. The first-order valence-electron chi connectivity index (χ1n) is 12.6. The molecule has 0 saturated heterocycles. The Morgan fingerprint density at radius 2 is 1.35 bits per heavy atom. The summed E-state index contributed by atoms with van der Waals surface area (Å²) >= 11 is 0. The average Bonchev–Trinajstić information content (AvgIpc) is 2.63. The van der Waals surface area contributed by atoms with E-state index in [-0.39, 0.29) is 41.0 Å². The van der Waals surface area contributed by atoms with E-state index in [1.165, 1.54) is 0 Å². The molecule has 5 heteroatoms. The smallest absolute Gasteiger partial charge is 0.150 e. The molecule has 0 aliphatic heterocycles. The normalized spacial score (nSPS) is 14.5. The van der Waals surface area contributed by atoms with Crippen LogP contribution in [0.4, 0.5) is 0 Å². The Bertz CT molecular complexity index is 495. The molecular formula is C26H53N3O2. The van der Waals surface area contributed by atoms with Crippen molar-refractivity contribution < 1.29 is 9.59 Å². The Morgan fingerprint density at radius 3 is 1.87 bits per heavy atom. The van der Waals surface area contributed by atoms with E-state index >= 15 is 0 Å². The first-order valence-corrected chi connectivity index (χ1v) is 12.6. The quantitative estimate of drug-likeness (QED) is 0.266. The molecule has 184 valence electrons. The van der Waals surface area contributed by atoms with Gasteiger partial charge in [-0.3, -0.25) is 9.59 Å². The minimum Gasteiger partial charge on any atom is -0.315 e. The highest BCUT2D eigenvalue weighted by Gasteiger charge is 2.27. The number of rotatable bonds is 18. The van der Waals surface area contributed by atoms with Crippen molar-refractivity contribution in [1.29, 1.82) is 0 Å². The highest BCUT2D eigenvalue weighted by Crippen LogP contribution is 2.21. The summed E-state index contributed by atoms with van der Waals surface area (Å²) in [6.45, 7) is 20.8. The van der Waals surface area contributed by atoms with Crippen LogP contribution in [0.25, 0.3) is 0 Å². The topological polar surface area (TPSA) is 70.2 Å². The second kappa shape index (κ2) is 15.9. The van der Waals surface area contributed by atoms with Gasteiger partial charge in [-0.1, -0.05) is 54.4 Å². The van der Waals surface area contributed by atoms with Crippen molar-refractivity contribution in [3.05, 3.63) is 0 Å². The number of nitrogens with one attached hydrogen (secondary N) is 3. The Hall–Kier alpha value is -0.780. The summed E-state index contributed by atoms with van der Waals surface area (Å²) in [6.07, 6.45) is 6.11. The summed E-state index contributed by atoms with van der Waals surface area (Å²) in [6, 6.07) is 0.582. The lowest BCUT2D eigenvalue weighted by molar-refractivity contribution is -0.131. The highest BCUT2D eigenvalue weighted by molar-refractivity contribution is 5.91. The summed E-state index contributed by atoms with van der Waals surface area (Å²) in [4.78, 5) is 26.0. The largest absolute Gasteiger partial charge is 0.315 e. The number of unbranched alkanes of at least 4 members (excludes halogenated alkanes) is 2. The van der Waals surface area contributed by atoms with Gasteiger partial charge in [0.25, 0.3) is 0 Å². The van der Waals surface area contributed by atoms with Gasteiger partial charge in [-0.15, -0.1) is 0 Å². The zero-order valence-electron chi connectivity index (χ0n) is 22.1. The van der Waals surface area contributed by atoms with E-state index in [1.807, 2.05) is 13.8 Å². The third kappa shape index (κ3) is 16.5. The van der Waals surface area contributed by atoms with Gasteiger partial charge in [0.2, 0.25) is 0 Å². The average molecular weight is 440 g/mol. The Balaban J connectivity index is 4.79. The minimum atomic E-state index is -0.153. The van der Waals surface area contributed by atoms with Crippen LogP contribution < -0.4 is 16.0 Å². The van der Waals surface area contributed by atoms with Crippen molar-refractivity contribution in [3.63, 3.8) is 0 Å². The molecule has 0 saturated carbocycles. The minimum absolute atomic E-state index is 0.0217. The third-order valence-corrected chi connectivity index (χ3v) is 5.45. The zero-order chi connectivity index (χ0) is 24.0. The monoisotopic (exact) mass is 439 g/mol. The molecule has 0 radical (unpaired) electrons. The van der Waals surface area contributed by atoms with Crippen LogP contribution in [-0.4, -0.2) is 48.3 Å². The van der Waals surface area contributed by atoms with E-state index in [2.05, 4.69) is 64.4 Å². The fourth-order valence-electron chi connectivity index (χ4n) is 3.78. The maximum Gasteiger partial charge on any atom is 0.150 e. The molecular weight excluding hydrogens is 386 g/mol. The van der Waals surface area contributed by atoms with E-state index < -0.39 is 0 Å². The van der Waals surface area contributed by atoms with Crippen LogP contribution in [0.5, 0.6) is 0 Å². The van der Waals surface area contributed by atoms with Gasteiger partial charge in [-0.25, -0.2) is 0 Å². The number of ketones is 2. The Morgan fingerprint density at radius 1 is 0.774 bits per heavy atom. The zero-order valence-corrected chi connectivity index (χ0v) is 22.1. The number of carbonyl (C=O) groups excluding carboxylic acids is 2. The van der Waals surface area contributed by atoms with E-state index in [0.717, 1.165) is 51.6 Å². The van der Waals surface area contributed by atoms with Crippen LogP contribution >= 0.6 is 0 Å². The first kappa shape index (κ1) is 30.2. The number of Topliss-reactive ketones (excluding diaryl/α,β-unsaturated/α-hetero) is 2. The molecule has 0 aromatic heterocycles. The third-order valence-electron chi connectivity index (χ3n) is 5.45. The molecule has 0 spiro atoms. The molecule has 0 aliphatic rings. The van der Waals surface area contributed by atoms with Gasteiger partial charge in [-0.05, 0) is 59.5 Å². The number of hydrogen-bond acceptors (Lipinski definition) is 5. The Kier molecular flexibility index (Phi) is 15.5. The first-order chi connectivity index (χ1) is 14.3. The van der Waals surface area contributed by atoms with Crippen LogP contribution in [0.1, 0.15) is 107 Å². The summed E-state index contributed by atoms with van der Waals surface area (Å²) in [7, 11) is 0. The van der Waals surface area contributed by atoms with Gasteiger partial charge >= 0.3 is 0 Å². The molecule has 31 heavy (non-hydrogen) atoms. The second-order valence-electron chi connectivity index (χ2n) is 11.1. The molecule has 0 heterocycles. The molecule has 0 bridgehead atoms. The van der Waals surface area contributed by atoms with Gasteiger partial charge in [0.1, 0.15) is 11.6 Å².